The lowest BCUT2D eigenvalue weighted by molar-refractivity contribution is -0.0330. The summed E-state index contributed by atoms with van der Waals surface area (Å²) in [7, 11) is 1.49. The number of amides is 1. The first kappa shape index (κ1) is 21.4. The first-order chi connectivity index (χ1) is 14.8. The van der Waals surface area contributed by atoms with Crippen molar-refractivity contribution in [2.75, 3.05) is 19.0 Å². The van der Waals surface area contributed by atoms with Gasteiger partial charge in [0, 0.05) is 30.1 Å². The van der Waals surface area contributed by atoms with Crippen molar-refractivity contribution >= 4 is 44.9 Å². The van der Waals surface area contributed by atoms with E-state index < -0.39 is 5.51 Å². The molecule has 0 unspecified atom stereocenters. The Hall–Kier alpha value is -2.84. The lowest BCUT2D eigenvalue weighted by Gasteiger charge is -2.11. The first-order valence-electron chi connectivity index (χ1n) is 8.91. The lowest BCUT2D eigenvalue weighted by Crippen LogP contribution is -2.12. The molecule has 1 aliphatic rings. The number of ether oxygens (including phenoxy) is 1. The Morgan fingerprint density at radius 2 is 2.23 bits per heavy atom. The number of carbonyl (C=O) groups is 1. The molecule has 6 nitrogen and oxygen atoms in total. The van der Waals surface area contributed by atoms with E-state index in [4.69, 9.17) is 4.74 Å². The van der Waals surface area contributed by atoms with Crippen molar-refractivity contribution in [3.8, 4) is 17.6 Å². The minimum Gasteiger partial charge on any atom is -0.495 e. The Bertz CT molecular complexity index is 1250. The molecule has 1 amide bonds. The fourth-order valence-electron chi connectivity index (χ4n) is 3.13. The van der Waals surface area contributed by atoms with Gasteiger partial charge in [-0.3, -0.25) is 9.20 Å². The van der Waals surface area contributed by atoms with Crippen LogP contribution < -0.4 is 15.4 Å². The second-order valence-electron chi connectivity index (χ2n) is 6.41. The molecule has 1 aliphatic heterocycles. The number of halogens is 4. The number of aromatic nitrogens is 2. The van der Waals surface area contributed by atoms with Gasteiger partial charge in [0.1, 0.15) is 16.5 Å². The quantitative estimate of drug-likeness (QED) is 0.401. The molecule has 3 heterocycles. The molecular weight excluding hydrogens is 497 g/mol. The van der Waals surface area contributed by atoms with Crippen molar-refractivity contribution in [1.29, 1.82) is 0 Å². The normalized spacial score (nSPS) is 12.9. The maximum atomic E-state index is 13.1. The molecule has 0 radical (unpaired) electrons. The zero-order chi connectivity index (χ0) is 22.2. The molecule has 11 heteroatoms. The van der Waals surface area contributed by atoms with Gasteiger partial charge in [-0.25, -0.2) is 4.98 Å². The minimum atomic E-state index is -4.48. The highest BCUT2D eigenvalue weighted by Gasteiger charge is 2.33. The summed E-state index contributed by atoms with van der Waals surface area (Å²) in [5, 5.41) is 5.72. The average molecular weight is 511 g/mol. The number of hydrogen-bond acceptors (Lipinski definition) is 5. The third-order valence-electron chi connectivity index (χ3n) is 4.45. The number of nitrogens with zero attached hydrogens (tertiary/aromatic N) is 2. The maximum absolute atomic E-state index is 13.1. The topological polar surface area (TPSA) is 67.7 Å². The number of benzene rings is 1. The third-order valence-corrected chi connectivity index (χ3v) is 5.89. The number of rotatable bonds is 4. The maximum Gasteiger partial charge on any atom is 0.447 e. The monoisotopic (exact) mass is 510 g/mol. The van der Waals surface area contributed by atoms with Gasteiger partial charge in [0.2, 0.25) is 0 Å². The second kappa shape index (κ2) is 8.36. The molecule has 0 fully saturated rings. The number of imidazole rings is 1. The zero-order valence-corrected chi connectivity index (χ0v) is 18.3. The minimum absolute atomic E-state index is 0.0340. The largest absolute Gasteiger partial charge is 0.495 e. The van der Waals surface area contributed by atoms with Crippen molar-refractivity contribution in [1.82, 2.24) is 14.7 Å². The van der Waals surface area contributed by atoms with E-state index >= 15 is 0 Å². The van der Waals surface area contributed by atoms with E-state index in [0.29, 0.717) is 33.7 Å². The van der Waals surface area contributed by atoms with Gasteiger partial charge < -0.3 is 15.4 Å². The first-order valence-corrected chi connectivity index (χ1v) is 10.5. The van der Waals surface area contributed by atoms with Crippen LogP contribution in [0.2, 0.25) is 0 Å². The fraction of sp³-hybridized carbons (Fsp3) is 0.200. The van der Waals surface area contributed by atoms with E-state index in [-0.39, 0.29) is 34.9 Å². The molecule has 0 bridgehead atoms. The molecule has 1 aromatic carbocycles. The molecule has 4 rings (SSSR count). The SMILES string of the molecule is COc1cc2c(cc1NCC#Cc1nc3c(Br)cccn3c1SC(F)(F)F)CNC2=O. The van der Waals surface area contributed by atoms with Crippen LogP contribution in [0.3, 0.4) is 0 Å². The fourth-order valence-corrected chi connectivity index (χ4v) is 4.22. The molecule has 2 aromatic heterocycles. The van der Waals surface area contributed by atoms with Crippen molar-refractivity contribution in [3.05, 3.63) is 51.8 Å². The molecule has 3 aromatic rings. The highest BCUT2D eigenvalue weighted by Crippen LogP contribution is 2.39. The Labute approximate surface area is 187 Å². The molecule has 0 atom stereocenters. The summed E-state index contributed by atoms with van der Waals surface area (Å²) >= 11 is 3.05. The number of fused-ring (bicyclic) bond motifs is 2. The summed E-state index contributed by atoms with van der Waals surface area (Å²) < 4.78 is 46.4. The van der Waals surface area contributed by atoms with Crippen molar-refractivity contribution in [2.45, 2.75) is 17.1 Å². The van der Waals surface area contributed by atoms with Gasteiger partial charge in [-0.1, -0.05) is 5.92 Å². The van der Waals surface area contributed by atoms with Gasteiger partial charge in [-0.05, 0) is 51.7 Å². The van der Waals surface area contributed by atoms with Gasteiger partial charge in [0.25, 0.3) is 5.91 Å². The van der Waals surface area contributed by atoms with E-state index in [1.54, 1.807) is 24.3 Å². The summed E-state index contributed by atoms with van der Waals surface area (Å²) in [6, 6.07) is 6.76. The molecule has 0 saturated carbocycles. The summed E-state index contributed by atoms with van der Waals surface area (Å²) in [4.78, 5) is 16.0. The van der Waals surface area contributed by atoms with Gasteiger partial charge >= 0.3 is 5.51 Å². The van der Waals surface area contributed by atoms with Crippen LogP contribution in [-0.2, 0) is 6.54 Å². The summed E-state index contributed by atoms with van der Waals surface area (Å²) in [6.07, 6.45) is 1.51. The zero-order valence-electron chi connectivity index (χ0n) is 15.9. The molecule has 0 saturated heterocycles. The predicted octanol–water partition coefficient (Wildman–Crippen LogP) is 4.42. The lowest BCUT2D eigenvalue weighted by atomic mass is 10.1. The van der Waals surface area contributed by atoms with Gasteiger partial charge in [0.05, 0.1) is 23.8 Å². The van der Waals surface area contributed by atoms with Gasteiger partial charge in [0.15, 0.2) is 5.65 Å². The highest BCUT2D eigenvalue weighted by molar-refractivity contribution is 9.10. The molecular formula is C20H14BrF3N4O2S. The average Bonchev–Trinajstić information content (AvgIpc) is 3.25. The van der Waals surface area contributed by atoms with Crippen LogP contribution >= 0.6 is 27.7 Å². The second-order valence-corrected chi connectivity index (χ2v) is 8.32. The molecule has 2 N–H and O–H groups in total. The van der Waals surface area contributed by atoms with Crippen LogP contribution in [0.4, 0.5) is 18.9 Å². The number of methoxy groups -OCH3 is 1. The van der Waals surface area contributed by atoms with Crippen molar-refractivity contribution in [3.63, 3.8) is 0 Å². The van der Waals surface area contributed by atoms with E-state index in [1.807, 2.05) is 0 Å². The van der Waals surface area contributed by atoms with E-state index in [2.05, 4.69) is 43.4 Å². The standard InChI is InChI=1S/C20H14BrF3N4O2S/c1-30-16-9-12-11(10-26-18(12)29)8-15(16)25-6-2-5-14-19(31-20(22,23)24)28-7-3-4-13(21)17(28)27-14/h3-4,7-9,25H,6,10H2,1H3,(H,26,29). The van der Waals surface area contributed by atoms with Crippen LogP contribution in [-0.4, -0.2) is 34.5 Å². The van der Waals surface area contributed by atoms with E-state index in [1.165, 1.54) is 17.7 Å². The van der Waals surface area contributed by atoms with E-state index in [9.17, 15) is 18.0 Å². The third kappa shape index (κ3) is 4.45. The van der Waals surface area contributed by atoms with E-state index in [0.717, 1.165) is 5.56 Å². The molecule has 160 valence electrons. The van der Waals surface area contributed by atoms with Gasteiger partial charge in [-0.2, -0.15) is 13.2 Å². The Morgan fingerprint density at radius 1 is 1.42 bits per heavy atom. The number of thioether (sulfide) groups is 1. The smallest absolute Gasteiger partial charge is 0.447 e. The molecule has 31 heavy (non-hydrogen) atoms. The number of nitrogens with one attached hydrogen (secondary N) is 2. The van der Waals surface area contributed by atoms with Crippen LogP contribution in [0.5, 0.6) is 5.75 Å². The molecule has 0 aliphatic carbocycles. The summed E-state index contributed by atoms with van der Waals surface area (Å²) in [6.45, 7) is 0.564. The number of hydrogen-bond donors (Lipinski definition) is 2. The predicted molar refractivity (Wildman–Crippen MR) is 114 cm³/mol. The highest BCUT2D eigenvalue weighted by atomic mass is 79.9. The molecule has 0 spiro atoms. The van der Waals surface area contributed by atoms with Crippen LogP contribution in [0.1, 0.15) is 21.6 Å². The van der Waals surface area contributed by atoms with Gasteiger partial charge in [-0.15, -0.1) is 0 Å². The summed E-state index contributed by atoms with van der Waals surface area (Å²) in [5.41, 5.74) is -2.07. The Kier molecular flexibility index (Phi) is 5.77. The number of carbonyl (C=O) groups excluding carboxylic acids is 1. The number of pyridine rings is 1. The number of anilines is 1. The van der Waals surface area contributed by atoms with Crippen molar-refractivity contribution in [2.24, 2.45) is 0 Å². The Morgan fingerprint density at radius 3 is 2.97 bits per heavy atom. The summed E-state index contributed by atoms with van der Waals surface area (Å²) in [5.74, 6) is 5.85. The Balaban J connectivity index is 1.59. The number of alkyl halides is 3. The van der Waals surface area contributed by atoms with Crippen LogP contribution in [0, 0.1) is 11.8 Å². The van der Waals surface area contributed by atoms with Crippen LogP contribution in [0.15, 0.2) is 40.0 Å². The van der Waals surface area contributed by atoms with Crippen LogP contribution in [0.25, 0.3) is 5.65 Å². The van der Waals surface area contributed by atoms with Crippen molar-refractivity contribution < 1.29 is 22.7 Å².